The Bertz CT molecular complexity index is 1540. The topological polar surface area (TPSA) is 152 Å². The molecule has 8 nitrogen and oxygen atoms in total. The van der Waals surface area contributed by atoms with Crippen molar-refractivity contribution in [2.45, 2.75) is 111 Å². The molecule has 0 heterocycles. The molecule has 262 valence electrons. The number of hydrogen-bond donors (Lipinski definition) is 5. The Hall–Kier alpha value is -2.91. The third-order valence-corrected chi connectivity index (χ3v) is 13.2. The molecule has 2 fully saturated rings. The Labute approximate surface area is 284 Å². The second kappa shape index (κ2) is 12.8. The first-order valence-electron chi connectivity index (χ1n) is 17.5. The van der Waals surface area contributed by atoms with Crippen molar-refractivity contribution in [2.24, 2.45) is 45.3 Å². The third kappa shape index (κ3) is 5.66. The van der Waals surface area contributed by atoms with Gasteiger partial charge in [0.15, 0.2) is 5.78 Å². The summed E-state index contributed by atoms with van der Waals surface area (Å²) in [5, 5.41) is 55.0. The Balaban J connectivity index is 1.59. The molecule has 0 aromatic heterocycles. The van der Waals surface area contributed by atoms with E-state index in [1.54, 1.807) is 0 Å². The van der Waals surface area contributed by atoms with Gasteiger partial charge >= 0.3 is 5.97 Å². The summed E-state index contributed by atoms with van der Waals surface area (Å²) in [5.74, 6) is -2.37. The van der Waals surface area contributed by atoms with Gasteiger partial charge < -0.3 is 25.5 Å². The number of ketones is 2. The third-order valence-electron chi connectivity index (χ3n) is 13.2. The van der Waals surface area contributed by atoms with Crippen molar-refractivity contribution in [1.82, 2.24) is 0 Å². The van der Waals surface area contributed by atoms with E-state index in [0.29, 0.717) is 30.4 Å². The highest BCUT2D eigenvalue weighted by Crippen LogP contribution is 2.72. The largest absolute Gasteiger partial charge is 0.478 e. The smallest absolute Gasteiger partial charge is 0.331 e. The van der Waals surface area contributed by atoms with E-state index in [4.69, 9.17) is 0 Å². The summed E-state index contributed by atoms with van der Waals surface area (Å²) in [5.41, 5.74) is -1.14. The number of carboxylic acid groups (broad SMARTS) is 1. The van der Waals surface area contributed by atoms with Crippen molar-refractivity contribution < 1.29 is 39.9 Å². The molecule has 1 aromatic rings. The zero-order valence-corrected chi connectivity index (χ0v) is 29.4. The van der Waals surface area contributed by atoms with Gasteiger partial charge in [0.2, 0.25) is 0 Å². The van der Waals surface area contributed by atoms with Crippen LogP contribution in [0.4, 0.5) is 0 Å². The Morgan fingerprint density at radius 2 is 1.67 bits per heavy atom. The van der Waals surface area contributed by atoms with Crippen LogP contribution in [0.15, 0.2) is 59.2 Å². The summed E-state index contributed by atoms with van der Waals surface area (Å²) in [6.45, 7) is 13.4. The molecule has 0 aliphatic heterocycles. The van der Waals surface area contributed by atoms with E-state index in [1.165, 1.54) is 13.0 Å². The standard InChI is InChI=1S/C40H54O8/c1-22(17-26(42)19-25(36(47)48)18-23(2)41)28-20-31(45)40(7)33-32(29(43)21-39(28,40)6)38(5)16-15-30(44)37(3,4)35(38)27(34(33)46)14-13-24-11-9-8-10-12-24/h8-14,19,22-23,26-28,31,34-35,41-42,45-46H,15-18,20-21H2,1-7H3,(H,47,48). The van der Waals surface area contributed by atoms with E-state index in [-0.39, 0.29) is 54.2 Å². The maximum atomic E-state index is 14.6. The highest BCUT2D eigenvalue weighted by atomic mass is 16.4. The minimum atomic E-state index is -1.20. The summed E-state index contributed by atoms with van der Waals surface area (Å²) in [6, 6.07) is 9.79. The van der Waals surface area contributed by atoms with Crippen LogP contribution in [0.25, 0.3) is 6.08 Å². The lowest BCUT2D eigenvalue weighted by Gasteiger charge is -2.63. The van der Waals surface area contributed by atoms with Crippen molar-refractivity contribution in [1.29, 1.82) is 0 Å². The number of hydrogen-bond acceptors (Lipinski definition) is 7. The number of aliphatic hydroxyl groups is 4. The van der Waals surface area contributed by atoms with Crippen molar-refractivity contribution >= 4 is 23.6 Å². The lowest BCUT2D eigenvalue weighted by atomic mass is 9.40. The van der Waals surface area contributed by atoms with Gasteiger partial charge in [-0.3, -0.25) is 9.59 Å². The van der Waals surface area contributed by atoms with Gasteiger partial charge in [-0.15, -0.1) is 0 Å². The van der Waals surface area contributed by atoms with Crippen molar-refractivity contribution in [2.75, 3.05) is 0 Å². The van der Waals surface area contributed by atoms with E-state index in [2.05, 4.69) is 6.92 Å². The van der Waals surface area contributed by atoms with Crippen LogP contribution in [-0.4, -0.2) is 67.5 Å². The molecule has 5 N–H and O–H groups in total. The predicted octanol–water partition coefficient (Wildman–Crippen LogP) is 5.53. The van der Waals surface area contributed by atoms with E-state index >= 15 is 0 Å². The number of Topliss-reactive ketones (excluding diaryl/α,β-unsaturated/α-hetero) is 2. The molecule has 11 atom stereocenters. The molecule has 5 rings (SSSR count). The highest BCUT2D eigenvalue weighted by molar-refractivity contribution is 6.01. The van der Waals surface area contributed by atoms with Crippen LogP contribution in [0, 0.1) is 45.3 Å². The fourth-order valence-electron chi connectivity index (χ4n) is 10.9. The first kappa shape index (κ1) is 36.4. The van der Waals surface area contributed by atoms with Gasteiger partial charge in [0.25, 0.3) is 0 Å². The summed E-state index contributed by atoms with van der Waals surface area (Å²) in [4.78, 5) is 39.9. The molecule has 0 amide bonds. The number of fused-ring (bicyclic) bond motifs is 4. The monoisotopic (exact) mass is 662 g/mol. The summed E-state index contributed by atoms with van der Waals surface area (Å²) >= 11 is 0. The summed E-state index contributed by atoms with van der Waals surface area (Å²) < 4.78 is 0. The minimum Gasteiger partial charge on any atom is -0.478 e. The lowest BCUT2D eigenvalue weighted by Crippen LogP contribution is -2.63. The van der Waals surface area contributed by atoms with Gasteiger partial charge in [0.05, 0.1) is 24.4 Å². The zero-order valence-electron chi connectivity index (χ0n) is 29.4. The van der Waals surface area contributed by atoms with Crippen LogP contribution in [0.5, 0.6) is 0 Å². The minimum absolute atomic E-state index is 0.0518. The Morgan fingerprint density at radius 3 is 2.27 bits per heavy atom. The van der Waals surface area contributed by atoms with Crippen LogP contribution < -0.4 is 0 Å². The summed E-state index contributed by atoms with van der Waals surface area (Å²) in [7, 11) is 0. The van der Waals surface area contributed by atoms with Gasteiger partial charge in [-0.2, -0.15) is 0 Å². The molecule has 0 spiro atoms. The van der Waals surface area contributed by atoms with Crippen LogP contribution in [0.3, 0.4) is 0 Å². The highest BCUT2D eigenvalue weighted by Gasteiger charge is 2.71. The van der Waals surface area contributed by atoms with Gasteiger partial charge in [-0.25, -0.2) is 4.79 Å². The fourth-order valence-corrected chi connectivity index (χ4v) is 10.9. The average molecular weight is 663 g/mol. The van der Waals surface area contributed by atoms with Crippen LogP contribution in [0.2, 0.25) is 0 Å². The molecule has 4 aliphatic carbocycles. The molecule has 48 heavy (non-hydrogen) atoms. The molecule has 0 saturated heterocycles. The first-order valence-corrected chi connectivity index (χ1v) is 17.5. The molecular formula is C40H54O8. The number of allylic oxidation sites excluding steroid dienone is 1. The Kier molecular flexibility index (Phi) is 9.67. The van der Waals surface area contributed by atoms with E-state index < -0.39 is 58.0 Å². The number of aliphatic hydroxyl groups excluding tert-OH is 4. The molecule has 0 radical (unpaired) electrons. The van der Waals surface area contributed by atoms with Crippen LogP contribution in [0.1, 0.15) is 92.6 Å². The second-order valence-corrected chi connectivity index (χ2v) is 16.5. The number of aliphatic carboxylic acids is 1. The number of carboxylic acids is 1. The number of rotatable bonds is 9. The van der Waals surface area contributed by atoms with E-state index in [0.717, 1.165) is 5.56 Å². The number of carbonyl (C=O) groups excluding carboxylic acids is 2. The SMILES string of the molecule is CC(O)CC(=CC(O)CC(C)C1CC(O)C2(C)C3=C(C(=O)CC12C)C1(C)CCC(=O)C(C)(C)C1C(C=Cc1ccccc1)C3O)C(=O)O. The first-order chi connectivity index (χ1) is 22.3. The van der Waals surface area contributed by atoms with Crippen molar-refractivity contribution in [3.8, 4) is 0 Å². The molecule has 1 aromatic carbocycles. The number of benzene rings is 1. The normalized spacial score (nSPS) is 38.3. The van der Waals surface area contributed by atoms with Gasteiger partial charge in [0, 0.05) is 52.6 Å². The van der Waals surface area contributed by atoms with Gasteiger partial charge in [-0.05, 0) is 66.6 Å². The maximum absolute atomic E-state index is 14.6. The van der Waals surface area contributed by atoms with Crippen LogP contribution >= 0.6 is 0 Å². The zero-order chi connectivity index (χ0) is 35.6. The molecule has 8 heteroatoms. The van der Waals surface area contributed by atoms with E-state index in [1.807, 2.05) is 77.1 Å². The van der Waals surface area contributed by atoms with Crippen molar-refractivity contribution in [3.05, 3.63) is 64.8 Å². The molecular weight excluding hydrogens is 608 g/mol. The maximum Gasteiger partial charge on any atom is 0.331 e. The molecule has 2 saturated carbocycles. The fraction of sp³-hybridized carbons (Fsp3) is 0.625. The molecule has 11 unspecified atom stereocenters. The quantitative estimate of drug-likeness (QED) is 0.217. The second-order valence-electron chi connectivity index (χ2n) is 16.5. The van der Waals surface area contributed by atoms with Gasteiger partial charge in [0.1, 0.15) is 5.78 Å². The Morgan fingerprint density at radius 1 is 1.02 bits per heavy atom. The van der Waals surface area contributed by atoms with Crippen LogP contribution in [-0.2, 0) is 14.4 Å². The molecule has 4 aliphatic rings. The average Bonchev–Trinajstić information content (AvgIpc) is 3.20. The van der Waals surface area contributed by atoms with Gasteiger partial charge in [-0.1, -0.05) is 84.0 Å². The lowest BCUT2D eigenvalue weighted by molar-refractivity contribution is -0.150. The van der Waals surface area contributed by atoms with Crippen molar-refractivity contribution in [3.63, 3.8) is 0 Å². The van der Waals surface area contributed by atoms with E-state index in [9.17, 15) is 39.9 Å². The summed E-state index contributed by atoms with van der Waals surface area (Å²) in [6.07, 6.45) is 2.78. The molecule has 0 bridgehead atoms. The number of carbonyl (C=O) groups is 3. The predicted molar refractivity (Wildman–Crippen MR) is 183 cm³/mol.